The second-order valence-corrected chi connectivity index (χ2v) is 7.07. The van der Waals surface area contributed by atoms with E-state index < -0.39 is 5.97 Å². The first kappa shape index (κ1) is 16.7. The van der Waals surface area contributed by atoms with Gasteiger partial charge in [-0.15, -0.1) is 11.3 Å². The largest absolute Gasteiger partial charge is 0.451 e. The minimum atomic E-state index is -0.442. The molecule has 4 nitrogen and oxygen atoms in total. The van der Waals surface area contributed by atoms with Crippen LogP contribution in [0.15, 0.2) is 35.7 Å². The molecule has 1 aliphatic carbocycles. The molecule has 1 N–H and O–H groups in total. The van der Waals surface area contributed by atoms with Crippen LogP contribution in [0.25, 0.3) is 11.1 Å². The highest BCUT2D eigenvalue weighted by Gasteiger charge is 2.20. The third-order valence-electron chi connectivity index (χ3n) is 4.27. The van der Waals surface area contributed by atoms with Crippen molar-refractivity contribution >= 4 is 23.2 Å². The van der Waals surface area contributed by atoms with Crippen LogP contribution in [-0.4, -0.2) is 24.5 Å². The second kappa shape index (κ2) is 7.62. The molecule has 5 heteroatoms. The van der Waals surface area contributed by atoms with E-state index in [1.54, 1.807) is 0 Å². The molecule has 0 spiro atoms. The molecule has 0 unspecified atom stereocenters. The molecule has 1 saturated carbocycles. The fourth-order valence-corrected chi connectivity index (χ4v) is 3.77. The highest BCUT2D eigenvalue weighted by Crippen LogP contribution is 2.29. The number of rotatable bonds is 5. The van der Waals surface area contributed by atoms with Gasteiger partial charge in [-0.05, 0) is 36.8 Å². The molecule has 126 valence electrons. The summed E-state index contributed by atoms with van der Waals surface area (Å²) < 4.78 is 5.20. The summed E-state index contributed by atoms with van der Waals surface area (Å²) in [7, 11) is 0. The third-order valence-corrected chi connectivity index (χ3v) is 5.16. The summed E-state index contributed by atoms with van der Waals surface area (Å²) in [5, 5.41) is 4.78. The van der Waals surface area contributed by atoms with Crippen molar-refractivity contribution in [2.45, 2.75) is 38.6 Å². The third kappa shape index (κ3) is 4.03. The first-order chi connectivity index (χ1) is 11.6. The Bertz CT molecular complexity index is 714. The van der Waals surface area contributed by atoms with Crippen LogP contribution >= 0.6 is 11.3 Å². The summed E-state index contributed by atoms with van der Waals surface area (Å²) in [6, 6.07) is 10.1. The molecule has 1 aromatic carbocycles. The molecule has 0 saturated heterocycles. The van der Waals surface area contributed by atoms with Crippen LogP contribution in [0.2, 0.25) is 0 Å². The SMILES string of the molecule is Cc1ccc(-c2ccsc2C(=O)OCC(=O)NC2CCCC2)cc1. The van der Waals surface area contributed by atoms with Crippen molar-refractivity contribution in [2.75, 3.05) is 6.61 Å². The van der Waals surface area contributed by atoms with Gasteiger partial charge in [-0.25, -0.2) is 4.79 Å². The van der Waals surface area contributed by atoms with Gasteiger partial charge in [-0.1, -0.05) is 42.7 Å². The summed E-state index contributed by atoms with van der Waals surface area (Å²) >= 11 is 1.34. The van der Waals surface area contributed by atoms with Gasteiger partial charge in [0.1, 0.15) is 4.88 Å². The number of esters is 1. The lowest BCUT2D eigenvalue weighted by Crippen LogP contribution is -2.35. The number of thiophene rings is 1. The van der Waals surface area contributed by atoms with Crippen molar-refractivity contribution in [3.8, 4) is 11.1 Å². The number of carbonyl (C=O) groups is 2. The Hall–Kier alpha value is -2.14. The van der Waals surface area contributed by atoms with E-state index in [0.29, 0.717) is 4.88 Å². The van der Waals surface area contributed by atoms with Crippen LogP contribution < -0.4 is 5.32 Å². The van der Waals surface area contributed by atoms with Gasteiger partial charge in [-0.3, -0.25) is 4.79 Å². The van der Waals surface area contributed by atoms with Gasteiger partial charge in [0.15, 0.2) is 6.61 Å². The van der Waals surface area contributed by atoms with Gasteiger partial charge < -0.3 is 10.1 Å². The zero-order valence-electron chi connectivity index (χ0n) is 13.7. The average molecular weight is 343 g/mol. The molecule has 3 rings (SSSR count). The molecular weight excluding hydrogens is 322 g/mol. The van der Waals surface area contributed by atoms with Crippen molar-refractivity contribution in [2.24, 2.45) is 0 Å². The van der Waals surface area contributed by atoms with E-state index in [1.807, 2.05) is 42.6 Å². The van der Waals surface area contributed by atoms with E-state index in [-0.39, 0.29) is 18.6 Å². The van der Waals surface area contributed by atoms with Gasteiger partial charge in [0.05, 0.1) is 0 Å². The smallest absolute Gasteiger partial charge is 0.349 e. The van der Waals surface area contributed by atoms with E-state index in [9.17, 15) is 9.59 Å². The zero-order chi connectivity index (χ0) is 16.9. The van der Waals surface area contributed by atoms with Gasteiger partial charge >= 0.3 is 5.97 Å². The quantitative estimate of drug-likeness (QED) is 0.837. The molecule has 0 atom stereocenters. The minimum absolute atomic E-state index is 0.219. The molecule has 1 amide bonds. The van der Waals surface area contributed by atoms with E-state index >= 15 is 0 Å². The lowest BCUT2D eigenvalue weighted by Gasteiger charge is -2.12. The highest BCUT2D eigenvalue weighted by atomic mass is 32.1. The van der Waals surface area contributed by atoms with Crippen LogP contribution in [0.5, 0.6) is 0 Å². The maximum Gasteiger partial charge on any atom is 0.349 e. The summed E-state index contributed by atoms with van der Waals surface area (Å²) in [5.41, 5.74) is 2.99. The number of hydrogen-bond acceptors (Lipinski definition) is 4. The molecule has 24 heavy (non-hydrogen) atoms. The van der Waals surface area contributed by atoms with Crippen LogP contribution in [0.4, 0.5) is 0 Å². The summed E-state index contributed by atoms with van der Waals surface area (Å²) in [6.45, 7) is 1.80. The normalized spacial score (nSPS) is 14.5. The van der Waals surface area contributed by atoms with Crippen molar-refractivity contribution in [3.05, 3.63) is 46.2 Å². The van der Waals surface area contributed by atoms with E-state index in [2.05, 4.69) is 5.32 Å². The lowest BCUT2D eigenvalue weighted by atomic mass is 10.1. The minimum Gasteiger partial charge on any atom is -0.451 e. The fourth-order valence-electron chi connectivity index (χ4n) is 2.96. The Labute approximate surface area is 145 Å². The molecule has 2 aromatic rings. The first-order valence-corrected chi connectivity index (χ1v) is 9.12. The molecule has 0 radical (unpaired) electrons. The highest BCUT2D eigenvalue weighted by molar-refractivity contribution is 7.12. The molecule has 1 aromatic heterocycles. The van der Waals surface area contributed by atoms with E-state index in [1.165, 1.54) is 16.9 Å². The summed E-state index contributed by atoms with van der Waals surface area (Å²) in [4.78, 5) is 24.7. The maximum absolute atomic E-state index is 12.3. The standard InChI is InChI=1S/C19H21NO3S/c1-13-6-8-14(9-7-13)16-10-11-24-18(16)19(22)23-12-17(21)20-15-4-2-3-5-15/h6-11,15H,2-5,12H2,1H3,(H,20,21). The molecule has 1 fully saturated rings. The zero-order valence-corrected chi connectivity index (χ0v) is 14.5. The molecular formula is C19H21NO3S. The topological polar surface area (TPSA) is 55.4 Å². The van der Waals surface area contributed by atoms with Crippen molar-refractivity contribution < 1.29 is 14.3 Å². The summed E-state index contributed by atoms with van der Waals surface area (Å²) in [5.74, 6) is -0.661. The number of benzene rings is 1. The second-order valence-electron chi connectivity index (χ2n) is 6.15. The van der Waals surface area contributed by atoms with Crippen molar-refractivity contribution in [3.63, 3.8) is 0 Å². The number of aryl methyl sites for hydroxylation is 1. The predicted molar refractivity (Wildman–Crippen MR) is 95.2 cm³/mol. The van der Waals surface area contributed by atoms with Gasteiger partial charge in [0.25, 0.3) is 5.91 Å². The Morgan fingerprint density at radius 3 is 2.58 bits per heavy atom. The molecule has 1 heterocycles. The van der Waals surface area contributed by atoms with E-state index in [4.69, 9.17) is 4.74 Å². The number of carbonyl (C=O) groups excluding carboxylic acids is 2. The van der Waals surface area contributed by atoms with Gasteiger partial charge in [-0.2, -0.15) is 0 Å². The fraction of sp³-hybridized carbons (Fsp3) is 0.368. The van der Waals surface area contributed by atoms with Gasteiger partial charge in [0.2, 0.25) is 0 Å². The average Bonchev–Trinajstić information content (AvgIpc) is 3.25. The maximum atomic E-state index is 12.3. The Morgan fingerprint density at radius 2 is 1.88 bits per heavy atom. The lowest BCUT2D eigenvalue weighted by molar-refractivity contribution is -0.124. The van der Waals surface area contributed by atoms with Crippen LogP contribution in [0.3, 0.4) is 0 Å². The number of nitrogens with one attached hydrogen (secondary N) is 1. The number of hydrogen-bond donors (Lipinski definition) is 1. The monoisotopic (exact) mass is 343 g/mol. The van der Waals surface area contributed by atoms with E-state index in [0.717, 1.165) is 36.8 Å². The molecule has 0 bridgehead atoms. The predicted octanol–water partition coefficient (Wildman–Crippen LogP) is 3.94. The molecule has 0 aliphatic heterocycles. The van der Waals surface area contributed by atoms with Crippen molar-refractivity contribution in [1.29, 1.82) is 0 Å². The first-order valence-electron chi connectivity index (χ1n) is 8.24. The number of ether oxygens (including phenoxy) is 1. The van der Waals surface area contributed by atoms with Crippen molar-refractivity contribution in [1.82, 2.24) is 5.32 Å². The molecule has 1 aliphatic rings. The Kier molecular flexibility index (Phi) is 5.30. The summed E-state index contributed by atoms with van der Waals surface area (Å²) in [6.07, 6.45) is 4.34. The van der Waals surface area contributed by atoms with Crippen LogP contribution in [0.1, 0.15) is 40.9 Å². The Morgan fingerprint density at radius 1 is 1.17 bits per heavy atom. The Balaban J connectivity index is 1.60. The van der Waals surface area contributed by atoms with Crippen LogP contribution in [0, 0.1) is 6.92 Å². The number of amides is 1. The van der Waals surface area contributed by atoms with Gasteiger partial charge in [0, 0.05) is 11.6 Å². The van der Waals surface area contributed by atoms with Crippen LogP contribution in [-0.2, 0) is 9.53 Å².